The fourth-order valence-corrected chi connectivity index (χ4v) is 1.46. The van der Waals surface area contributed by atoms with Gasteiger partial charge in [-0.15, -0.1) is 12.6 Å². The number of imidazole rings is 1. The van der Waals surface area contributed by atoms with Crippen LogP contribution < -0.4 is 4.74 Å². The van der Waals surface area contributed by atoms with Crippen molar-refractivity contribution in [2.45, 2.75) is 11.3 Å². The van der Waals surface area contributed by atoms with Crippen LogP contribution >= 0.6 is 12.6 Å². The first-order valence-electron chi connectivity index (χ1n) is 4.32. The smallest absolute Gasteiger partial charge is 0.422 e. The van der Waals surface area contributed by atoms with E-state index in [9.17, 15) is 13.2 Å². The molecule has 0 unspecified atom stereocenters. The quantitative estimate of drug-likeness (QED) is 0.802. The summed E-state index contributed by atoms with van der Waals surface area (Å²) in [4.78, 5) is 6.80. The van der Waals surface area contributed by atoms with Gasteiger partial charge < -0.3 is 9.72 Å². The first kappa shape index (κ1) is 11.1. The molecule has 0 atom stereocenters. The monoisotopic (exact) mass is 248 g/mol. The number of halogens is 3. The van der Waals surface area contributed by atoms with Crippen molar-refractivity contribution >= 4 is 23.7 Å². The second-order valence-electron chi connectivity index (χ2n) is 3.14. The van der Waals surface area contributed by atoms with Crippen molar-refractivity contribution in [3.63, 3.8) is 0 Å². The Hall–Kier alpha value is -1.37. The summed E-state index contributed by atoms with van der Waals surface area (Å²) in [6.45, 7) is -1.31. The third-order valence-electron chi connectivity index (χ3n) is 1.84. The van der Waals surface area contributed by atoms with Crippen molar-refractivity contribution in [2.75, 3.05) is 6.61 Å². The van der Waals surface area contributed by atoms with Crippen LogP contribution in [0.1, 0.15) is 0 Å². The zero-order chi connectivity index (χ0) is 11.8. The lowest BCUT2D eigenvalue weighted by molar-refractivity contribution is -0.153. The van der Waals surface area contributed by atoms with E-state index < -0.39 is 12.8 Å². The second kappa shape index (κ2) is 3.89. The number of thiol groups is 1. The van der Waals surface area contributed by atoms with Gasteiger partial charge in [-0.25, -0.2) is 4.98 Å². The number of ether oxygens (including phenoxy) is 1. The molecule has 1 aromatic carbocycles. The molecule has 2 rings (SSSR count). The summed E-state index contributed by atoms with van der Waals surface area (Å²) in [5.74, 6) is 0.129. The van der Waals surface area contributed by atoms with Gasteiger partial charge >= 0.3 is 6.18 Å². The third kappa shape index (κ3) is 2.60. The van der Waals surface area contributed by atoms with E-state index in [-0.39, 0.29) is 5.75 Å². The van der Waals surface area contributed by atoms with Crippen molar-refractivity contribution in [3.05, 3.63) is 18.2 Å². The molecule has 7 heteroatoms. The molecular weight excluding hydrogens is 241 g/mol. The molecule has 0 fully saturated rings. The van der Waals surface area contributed by atoms with Gasteiger partial charge in [0.1, 0.15) is 5.75 Å². The number of rotatable bonds is 2. The Labute approximate surface area is 94.0 Å². The highest BCUT2D eigenvalue weighted by atomic mass is 32.1. The van der Waals surface area contributed by atoms with Gasteiger partial charge in [-0.3, -0.25) is 0 Å². The fraction of sp³-hybridized carbons (Fsp3) is 0.222. The largest absolute Gasteiger partial charge is 0.484 e. The number of aromatic nitrogens is 2. The lowest BCUT2D eigenvalue weighted by atomic mass is 10.3. The Balaban J connectivity index is 2.19. The van der Waals surface area contributed by atoms with E-state index >= 15 is 0 Å². The van der Waals surface area contributed by atoms with Crippen LogP contribution in [0.2, 0.25) is 0 Å². The number of hydrogen-bond donors (Lipinski definition) is 2. The lowest BCUT2D eigenvalue weighted by Crippen LogP contribution is -2.19. The van der Waals surface area contributed by atoms with Gasteiger partial charge in [0.25, 0.3) is 0 Å². The van der Waals surface area contributed by atoms with Crippen LogP contribution in [-0.4, -0.2) is 22.8 Å². The van der Waals surface area contributed by atoms with Gasteiger partial charge in [-0.05, 0) is 12.1 Å². The van der Waals surface area contributed by atoms with Crippen molar-refractivity contribution in [1.29, 1.82) is 0 Å². The van der Waals surface area contributed by atoms with Crippen molar-refractivity contribution in [3.8, 4) is 5.75 Å². The standard InChI is InChI=1S/C9H7F3N2OS/c10-9(11,12)4-15-5-1-2-6-7(3-5)14-8(16)13-6/h1-3H,4H2,(H2,13,14,16). The first-order valence-corrected chi connectivity index (χ1v) is 4.77. The van der Waals surface area contributed by atoms with Crippen LogP contribution in [0.5, 0.6) is 5.75 Å². The van der Waals surface area contributed by atoms with Crippen LogP contribution in [0.25, 0.3) is 11.0 Å². The normalized spacial score (nSPS) is 12.0. The van der Waals surface area contributed by atoms with E-state index in [4.69, 9.17) is 0 Å². The maximum atomic E-state index is 11.9. The zero-order valence-electron chi connectivity index (χ0n) is 7.88. The minimum Gasteiger partial charge on any atom is -0.484 e. The SMILES string of the molecule is FC(F)(F)COc1ccc2[nH]c(S)nc2c1. The van der Waals surface area contributed by atoms with Gasteiger partial charge in [0.05, 0.1) is 11.0 Å². The average Bonchev–Trinajstić information content (AvgIpc) is 2.52. The molecule has 0 saturated carbocycles. The number of benzene rings is 1. The van der Waals surface area contributed by atoms with Gasteiger partial charge in [-0.1, -0.05) is 0 Å². The van der Waals surface area contributed by atoms with E-state index in [0.717, 1.165) is 0 Å². The number of nitrogens with one attached hydrogen (secondary N) is 1. The summed E-state index contributed by atoms with van der Waals surface area (Å²) in [5, 5.41) is 0.406. The second-order valence-corrected chi connectivity index (χ2v) is 3.57. The fourth-order valence-electron chi connectivity index (χ4n) is 1.23. The Kier molecular flexibility index (Phi) is 2.71. The lowest BCUT2D eigenvalue weighted by Gasteiger charge is -2.08. The Morgan fingerprint density at radius 3 is 2.81 bits per heavy atom. The molecule has 0 saturated heterocycles. The first-order chi connectivity index (χ1) is 7.44. The molecule has 2 aromatic rings. The molecule has 0 aliphatic heterocycles. The van der Waals surface area contributed by atoms with Crippen LogP contribution in [0, 0.1) is 0 Å². The summed E-state index contributed by atoms with van der Waals surface area (Å²) in [7, 11) is 0. The summed E-state index contributed by atoms with van der Waals surface area (Å²) >= 11 is 3.99. The molecule has 3 nitrogen and oxygen atoms in total. The molecule has 1 heterocycles. The molecule has 0 amide bonds. The van der Waals surface area contributed by atoms with Crippen molar-refractivity contribution in [1.82, 2.24) is 9.97 Å². The predicted molar refractivity (Wildman–Crippen MR) is 54.9 cm³/mol. The minimum absolute atomic E-state index is 0.129. The number of aromatic amines is 1. The molecule has 16 heavy (non-hydrogen) atoms. The molecule has 0 aliphatic rings. The van der Waals surface area contributed by atoms with Crippen molar-refractivity contribution < 1.29 is 17.9 Å². The van der Waals surface area contributed by atoms with Gasteiger partial charge in [0.2, 0.25) is 0 Å². The van der Waals surface area contributed by atoms with Gasteiger partial charge in [-0.2, -0.15) is 13.2 Å². The van der Waals surface area contributed by atoms with E-state index in [1.165, 1.54) is 12.1 Å². The third-order valence-corrected chi connectivity index (χ3v) is 2.06. The molecule has 86 valence electrons. The van der Waals surface area contributed by atoms with Crippen LogP contribution in [0.4, 0.5) is 13.2 Å². The van der Waals surface area contributed by atoms with E-state index in [1.807, 2.05) is 0 Å². The van der Waals surface area contributed by atoms with Crippen molar-refractivity contribution in [2.24, 2.45) is 0 Å². The molecule has 0 bridgehead atoms. The number of hydrogen-bond acceptors (Lipinski definition) is 3. The van der Waals surface area contributed by atoms with Crippen LogP contribution in [0.3, 0.4) is 0 Å². The number of nitrogens with zero attached hydrogens (tertiary/aromatic N) is 1. The Morgan fingerprint density at radius 2 is 2.12 bits per heavy atom. The molecule has 0 spiro atoms. The summed E-state index contributed by atoms with van der Waals surface area (Å²) in [5.41, 5.74) is 1.22. The topological polar surface area (TPSA) is 37.9 Å². The number of fused-ring (bicyclic) bond motifs is 1. The summed E-state index contributed by atoms with van der Waals surface area (Å²) in [6.07, 6.45) is -4.34. The Bertz CT molecular complexity index is 509. The maximum absolute atomic E-state index is 11.9. The number of H-pyrrole nitrogens is 1. The van der Waals surface area contributed by atoms with E-state index in [0.29, 0.717) is 16.2 Å². The van der Waals surface area contributed by atoms with Crippen LogP contribution in [-0.2, 0) is 0 Å². The summed E-state index contributed by atoms with van der Waals surface area (Å²) < 4.78 is 40.3. The highest BCUT2D eigenvalue weighted by Crippen LogP contribution is 2.22. The van der Waals surface area contributed by atoms with Crippen LogP contribution in [0.15, 0.2) is 23.4 Å². The molecular formula is C9H7F3N2OS. The van der Waals surface area contributed by atoms with E-state index in [1.54, 1.807) is 6.07 Å². The number of alkyl halides is 3. The minimum atomic E-state index is -4.34. The highest BCUT2D eigenvalue weighted by Gasteiger charge is 2.28. The predicted octanol–water partition coefficient (Wildman–Crippen LogP) is 2.79. The highest BCUT2D eigenvalue weighted by molar-refractivity contribution is 7.80. The zero-order valence-corrected chi connectivity index (χ0v) is 8.77. The Morgan fingerprint density at radius 1 is 1.38 bits per heavy atom. The molecule has 0 aliphatic carbocycles. The van der Waals surface area contributed by atoms with Gasteiger partial charge in [0, 0.05) is 6.07 Å². The molecule has 1 aromatic heterocycles. The van der Waals surface area contributed by atoms with E-state index in [2.05, 4.69) is 27.3 Å². The molecule has 1 N–H and O–H groups in total. The average molecular weight is 248 g/mol. The van der Waals surface area contributed by atoms with Gasteiger partial charge in [0.15, 0.2) is 11.8 Å². The maximum Gasteiger partial charge on any atom is 0.422 e. The summed E-state index contributed by atoms with van der Waals surface area (Å²) in [6, 6.07) is 4.46. The molecule has 0 radical (unpaired) electrons.